The number of halogens is 4. The van der Waals surface area contributed by atoms with Crippen LogP contribution in [0.4, 0.5) is 17.6 Å². The minimum Gasteiger partial charge on any atom is -0.465 e. The smallest absolute Gasteiger partial charge is 0.327 e. The summed E-state index contributed by atoms with van der Waals surface area (Å²) in [4.78, 5) is 14.6. The van der Waals surface area contributed by atoms with Crippen LogP contribution in [0.2, 0.25) is 0 Å². The number of aliphatic imine (C=N–C) groups is 1. The predicted octanol–water partition coefficient (Wildman–Crippen LogP) is 1.75. The Morgan fingerprint density at radius 2 is 2.20 bits per heavy atom. The van der Waals surface area contributed by atoms with E-state index < -0.39 is 48.1 Å². The maximum absolute atomic E-state index is 13.9. The fourth-order valence-corrected chi connectivity index (χ4v) is 2.45. The number of hydrogen-bond acceptors (Lipinski definition) is 4. The first-order chi connectivity index (χ1) is 9.30. The third-order valence-electron chi connectivity index (χ3n) is 3.42. The number of nitrogens with zero attached hydrogens (tertiary/aromatic N) is 1. The normalized spacial score (nSPS) is 31.4. The Morgan fingerprint density at radius 1 is 1.55 bits per heavy atom. The van der Waals surface area contributed by atoms with E-state index >= 15 is 0 Å². The molecular weight excluding hydrogens is 280 g/mol. The van der Waals surface area contributed by atoms with Gasteiger partial charge in [0.2, 0.25) is 0 Å². The van der Waals surface area contributed by atoms with Crippen LogP contribution < -0.4 is 5.73 Å². The van der Waals surface area contributed by atoms with Gasteiger partial charge in [0, 0.05) is 11.5 Å². The largest absolute Gasteiger partial charge is 0.465 e. The average molecular weight is 294 g/mol. The molecule has 0 amide bonds. The van der Waals surface area contributed by atoms with Crippen molar-refractivity contribution in [1.29, 1.82) is 0 Å². The number of alkyl halides is 4. The molecule has 4 nitrogen and oxygen atoms in total. The first kappa shape index (κ1) is 14.8. The summed E-state index contributed by atoms with van der Waals surface area (Å²) in [5.41, 5.74) is 3.26. The van der Waals surface area contributed by atoms with Gasteiger partial charge in [-0.2, -0.15) is 8.78 Å². The predicted molar refractivity (Wildman–Crippen MR) is 62.7 cm³/mol. The Labute approximate surface area is 112 Å². The Kier molecular flexibility index (Phi) is 3.75. The van der Waals surface area contributed by atoms with Crippen LogP contribution in [-0.4, -0.2) is 37.2 Å². The molecule has 0 bridgehead atoms. The van der Waals surface area contributed by atoms with Crippen molar-refractivity contribution in [2.75, 3.05) is 13.2 Å². The van der Waals surface area contributed by atoms with Gasteiger partial charge in [0.1, 0.15) is 12.3 Å². The van der Waals surface area contributed by atoms with Crippen molar-refractivity contribution in [2.45, 2.75) is 25.7 Å². The van der Waals surface area contributed by atoms with Gasteiger partial charge in [0.15, 0.2) is 0 Å². The van der Waals surface area contributed by atoms with E-state index in [9.17, 15) is 22.4 Å². The van der Waals surface area contributed by atoms with Crippen molar-refractivity contribution in [3.8, 4) is 0 Å². The zero-order chi connectivity index (χ0) is 15.1. The van der Waals surface area contributed by atoms with Gasteiger partial charge in [0.05, 0.1) is 12.3 Å². The molecule has 0 radical (unpaired) electrons. The van der Waals surface area contributed by atoms with E-state index in [1.165, 1.54) is 0 Å². The van der Waals surface area contributed by atoms with Crippen LogP contribution in [-0.2, 0) is 9.53 Å². The summed E-state index contributed by atoms with van der Waals surface area (Å²) in [7, 11) is 0. The summed E-state index contributed by atoms with van der Waals surface area (Å²) in [6.07, 6.45) is -2.90. The van der Waals surface area contributed by atoms with Gasteiger partial charge in [-0.05, 0) is 19.3 Å². The summed E-state index contributed by atoms with van der Waals surface area (Å²) in [6, 6.07) is 0. The fraction of sp³-hybridized carbons (Fsp3) is 0.667. The maximum Gasteiger partial charge on any atom is 0.327 e. The molecule has 2 aliphatic rings. The molecule has 2 aliphatic carbocycles. The molecule has 0 aromatic rings. The van der Waals surface area contributed by atoms with E-state index in [1.54, 1.807) is 6.92 Å². The number of allylic oxidation sites excluding steroid dienone is 2. The number of carbonyl (C=O) groups is 1. The van der Waals surface area contributed by atoms with E-state index in [4.69, 9.17) is 5.73 Å². The molecule has 2 N–H and O–H groups in total. The second-order valence-corrected chi connectivity index (χ2v) is 4.71. The number of hydrogen-bond donors (Lipinski definition) is 1. The molecule has 20 heavy (non-hydrogen) atoms. The van der Waals surface area contributed by atoms with Gasteiger partial charge < -0.3 is 10.5 Å². The van der Waals surface area contributed by atoms with Crippen molar-refractivity contribution in [3.05, 3.63) is 11.3 Å². The van der Waals surface area contributed by atoms with Crippen LogP contribution in [0.15, 0.2) is 16.3 Å². The zero-order valence-electron chi connectivity index (χ0n) is 10.7. The van der Waals surface area contributed by atoms with Crippen LogP contribution >= 0.6 is 0 Å². The summed E-state index contributed by atoms with van der Waals surface area (Å²) in [5.74, 6) is -5.81. The van der Waals surface area contributed by atoms with Gasteiger partial charge in [-0.1, -0.05) is 0 Å². The van der Waals surface area contributed by atoms with Gasteiger partial charge >= 0.3 is 5.97 Å². The minimum absolute atomic E-state index is 0.0905. The third-order valence-corrected chi connectivity index (χ3v) is 3.42. The number of rotatable bonds is 4. The summed E-state index contributed by atoms with van der Waals surface area (Å²) in [5, 5.41) is 0. The van der Waals surface area contributed by atoms with Crippen molar-refractivity contribution < 1.29 is 27.1 Å². The van der Waals surface area contributed by atoms with Gasteiger partial charge in [-0.3, -0.25) is 9.79 Å². The number of fused-ring (bicyclic) bond motifs is 1. The first-order valence-electron chi connectivity index (χ1n) is 6.17. The van der Waals surface area contributed by atoms with Crippen LogP contribution in [0.1, 0.15) is 13.3 Å². The molecule has 0 aliphatic heterocycles. The molecule has 8 heteroatoms. The Morgan fingerprint density at radius 3 is 2.75 bits per heavy atom. The molecule has 2 unspecified atom stereocenters. The van der Waals surface area contributed by atoms with Crippen molar-refractivity contribution in [1.82, 2.24) is 0 Å². The van der Waals surface area contributed by atoms with Crippen molar-refractivity contribution in [2.24, 2.45) is 22.6 Å². The van der Waals surface area contributed by atoms with Crippen LogP contribution in [0, 0.1) is 11.8 Å². The zero-order valence-corrected chi connectivity index (χ0v) is 10.7. The lowest BCUT2D eigenvalue weighted by atomic mass is 10.0. The van der Waals surface area contributed by atoms with E-state index in [1.807, 2.05) is 0 Å². The monoisotopic (exact) mass is 294 g/mol. The SMILES string of the molecule is CCOC(=O)CN=C1C(=C(N)C(F)F)C2CC2C1(F)F. The fourth-order valence-electron chi connectivity index (χ4n) is 2.45. The molecule has 2 rings (SSSR count). The average Bonchev–Trinajstić information content (AvgIpc) is 3.10. The molecule has 0 spiro atoms. The van der Waals surface area contributed by atoms with Crippen molar-refractivity contribution >= 4 is 11.7 Å². The Bertz CT molecular complexity index is 488. The van der Waals surface area contributed by atoms with Crippen LogP contribution in [0.25, 0.3) is 0 Å². The topological polar surface area (TPSA) is 64.7 Å². The summed E-state index contributed by atoms with van der Waals surface area (Å²) in [6.45, 7) is 1.02. The maximum atomic E-state index is 13.9. The Hall–Kier alpha value is -1.60. The quantitative estimate of drug-likeness (QED) is 0.634. The molecule has 2 fully saturated rings. The van der Waals surface area contributed by atoms with Gasteiger partial charge in [0.25, 0.3) is 12.3 Å². The lowest BCUT2D eigenvalue weighted by Gasteiger charge is -2.16. The summed E-state index contributed by atoms with van der Waals surface area (Å²) < 4.78 is 57.7. The third kappa shape index (κ3) is 2.38. The van der Waals surface area contributed by atoms with E-state index in [2.05, 4.69) is 9.73 Å². The molecule has 2 saturated carbocycles. The molecule has 2 atom stereocenters. The van der Waals surface area contributed by atoms with E-state index in [0.29, 0.717) is 0 Å². The van der Waals surface area contributed by atoms with Gasteiger partial charge in [-0.25, -0.2) is 8.78 Å². The molecule has 112 valence electrons. The highest BCUT2D eigenvalue weighted by molar-refractivity contribution is 6.10. The van der Waals surface area contributed by atoms with Crippen LogP contribution in [0.5, 0.6) is 0 Å². The van der Waals surface area contributed by atoms with E-state index in [0.717, 1.165) is 0 Å². The standard InChI is InChI=1S/C12H14F4N2O2/c1-2-20-7(19)4-18-10-8(9(17)11(13)14)5-3-6(5)12(10,15)16/h5-6,11H,2-4,17H2,1H3. The van der Waals surface area contributed by atoms with Crippen LogP contribution in [0.3, 0.4) is 0 Å². The highest BCUT2D eigenvalue weighted by Crippen LogP contribution is 2.61. The van der Waals surface area contributed by atoms with E-state index in [-0.39, 0.29) is 18.6 Å². The Balaban J connectivity index is 2.30. The molecule has 0 heterocycles. The number of esters is 1. The number of ether oxygens (including phenoxy) is 1. The van der Waals surface area contributed by atoms with Gasteiger partial charge in [-0.15, -0.1) is 0 Å². The highest BCUT2D eigenvalue weighted by atomic mass is 19.3. The minimum atomic E-state index is -3.31. The molecule has 0 aromatic carbocycles. The molecule has 0 saturated heterocycles. The molecular formula is C12H14F4N2O2. The molecule has 0 aromatic heterocycles. The second kappa shape index (κ2) is 5.06. The summed E-state index contributed by atoms with van der Waals surface area (Å²) >= 11 is 0. The number of nitrogens with two attached hydrogens (primary N) is 1. The lowest BCUT2D eigenvalue weighted by Crippen LogP contribution is -2.30. The second-order valence-electron chi connectivity index (χ2n) is 4.71. The number of carbonyl (C=O) groups excluding carboxylic acids is 1. The lowest BCUT2D eigenvalue weighted by molar-refractivity contribution is -0.141. The van der Waals surface area contributed by atoms with Crippen molar-refractivity contribution in [3.63, 3.8) is 0 Å². The highest BCUT2D eigenvalue weighted by Gasteiger charge is 2.67. The first-order valence-corrected chi connectivity index (χ1v) is 6.17.